The Morgan fingerprint density at radius 3 is 1.88 bits per heavy atom. The molecule has 24 heavy (non-hydrogen) atoms. The highest BCUT2D eigenvalue weighted by molar-refractivity contribution is 7.89. The van der Waals surface area contributed by atoms with Crippen molar-refractivity contribution >= 4 is 49.2 Å². The molecule has 0 amide bonds. The minimum Gasteiger partial charge on any atom is -0.289 e. The molecule has 2 aromatic carbocycles. The second-order valence-corrected chi connectivity index (χ2v) is 8.03. The molecule has 0 radical (unpaired) electrons. The van der Waals surface area contributed by atoms with Crippen LogP contribution < -0.4 is 0 Å². The summed E-state index contributed by atoms with van der Waals surface area (Å²) in [5.41, 5.74) is -0.329. The van der Waals surface area contributed by atoms with Gasteiger partial charge in [0.1, 0.15) is 9.79 Å². The predicted molar refractivity (Wildman–Crippen MR) is 86.0 cm³/mol. The molecular weight excluding hydrogens is 403 g/mol. The third-order valence-corrected chi connectivity index (χ3v) is 5.87. The van der Waals surface area contributed by atoms with Crippen LogP contribution in [0.25, 0.3) is 0 Å². The predicted octanol–water partition coefficient (Wildman–Crippen LogP) is 2.72. The fourth-order valence-corrected chi connectivity index (χ4v) is 4.65. The summed E-state index contributed by atoms with van der Waals surface area (Å²) in [6, 6.07) is 8.09. The molecule has 0 saturated heterocycles. The van der Waals surface area contributed by atoms with Gasteiger partial charge in [-0.15, -0.1) is 0 Å². The molecule has 0 saturated carbocycles. The Kier molecular flexibility index (Phi) is 5.05. The fourth-order valence-electron chi connectivity index (χ4n) is 1.93. The maximum atomic E-state index is 12.4. The number of carbonyl (C=O) groups is 1. The molecule has 2 N–H and O–H groups in total. The summed E-state index contributed by atoms with van der Waals surface area (Å²) < 4.78 is 64.0. The Balaban J connectivity index is 2.87. The van der Waals surface area contributed by atoms with Crippen molar-refractivity contribution in [3.63, 3.8) is 0 Å². The lowest BCUT2D eigenvalue weighted by atomic mass is 10.0. The van der Waals surface area contributed by atoms with Crippen LogP contribution in [-0.2, 0) is 20.2 Å². The molecule has 11 heteroatoms. The lowest BCUT2D eigenvalue weighted by Gasteiger charge is -2.12. The standard InChI is InChI=1S/C13H8Cl2O7S2/c14-10-8(12(16)7-4-2-1-3-5-7)6-9(23(17,18)19)13(11(10)15)24(20,21)22/h1-6H,(H,17,18,19)(H,20,21,22). The van der Waals surface area contributed by atoms with Crippen LogP contribution in [0.5, 0.6) is 0 Å². The summed E-state index contributed by atoms with van der Waals surface area (Å²) in [6.07, 6.45) is 0. The summed E-state index contributed by atoms with van der Waals surface area (Å²) in [7, 11) is -10.3. The Labute approximate surface area is 147 Å². The maximum absolute atomic E-state index is 12.4. The van der Waals surface area contributed by atoms with Gasteiger partial charge < -0.3 is 0 Å². The summed E-state index contributed by atoms with van der Waals surface area (Å²) >= 11 is 11.6. The number of hydrogen-bond donors (Lipinski definition) is 2. The van der Waals surface area contributed by atoms with Gasteiger partial charge in [0.2, 0.25) is 0 Å². The molecule has 2 aromatic rings. The highest BCUT2D eigenvalue weighted by Gasteiger charge is 2.32. The molecule has 0 bridgehead atoms. The van der Waals surface area contributed by atoms with E-state index < -0.39 is 51.4 Å². The lowest BCUT2D eigenvalue weighted by molar-refractivity contribution is 0.103. The van der Waals surface area contributed by atoms with Crippen molar-refractivity contribution in [3.05, 3.63) is 57.6 Å². The summed E-state index contributed by atoms with van der Waals surface area (Å²) in [5.74, 6) is -0.755. The zero-order valence-electron chi connectivity index (χ0n) is 11.5. The molecule has 0 atom stereocenters. The first-order chi connectivity index (χ1) is 10.9. The van der Waals surface area contributed by atoms with Gasteiger partial charge in [-0.3, -0.25) is 13.9 Å². The minimum atomic E-state index is -5.14. The Morgan fingerprint density at radius 1 is 0.875 bits per heavy atom. The molecule has 7 nitrogen and oxygen atoms in total. The molecule has 0 aromatic heterocycles. The van der Waals surface area contributed by atoms with Crippen molar-refractivity contribution in [2.75, 3.05) is 0 Å². The van der Waals surface area contributed by atoms with E-state index in [4.69, 9.17) is 27.8 Å². The molecule has 0 aliphatic heterocycles. The normalized spacial score (nSPS) is 12.2. The van der Waals surface area contributed by atoms with Crippen LogP contribution in [0.3, 0.4) is 0 Å². The van der Waals surface area contributed by atoms with Crippen molar-refractivity contribution < 1.29 is 30.7 Å². The van der Waals surface area contributed by atoms with Gasteiger partial charge in [-0.1, -0.05) is 53.5 Å². The van der Waals surface area contributed by atoms with Gasteiger partial charge in [0, 0.05) is 11.1 Å². The van der Waals surface area contributed by atoms with Crippen LogP contribution in [0.4, 0.5) is 0 Å². The number of carbonyl (C=O) groups excluding carboxylic acids is 1. The first-order valence-electron chi connectivity index (χ1n) is 6.01. The van der Waals surface area contributed by atoms with E-state index in [1.54, 1.807) is 18.2 Å². The molecule has 0 aliphatic rings. The van der Waals surface area contributed by atoms with Gasteiger partial charge in [-0.25, -0.2) is 0 Å². The average molecular weight is 411 g/mol. The third kappa shape index (κ3) is 3.61. The van der Waals surface area contributed by atoms with E-state index in [1.165, 1.54) is 12.1 Å². The first kappa shape index (κ1) is 18.8. The van der Waals surface area contributed by atoms with Crippen LogP contribution in [0.1, 0.15) is 15.9 Å². The average Bonchev–Trinajstić information content (AvgIpc) is 2.47. The van der Waals surface area contributed by atoms with Crippen LogP contribution >= 0.6 is 23.2 Å². The smallest absolute Gasteiger partial charge is 0.289 e. The van der Waals surface area contributed by atoms with Crippen molar-refractivity contribution in [1.29, 1.82) is 0 Å². The Bertz CT molecular complexity index is 1030. The van der Waals surface area contributed by atoms with E-state index in [0.717, 1.165) is 0 Å². The highest BCUT2D eigenvalue weighted by atomic mass is 35.5. The lowest BCUT2D eigenvalue weighted by Crippen LogP contribution is -2.13. The molecule has 0 aliphatic carbocycles. The number of benzene rings is 2. The van der Waals surface area contributed by atoms with E-state index in [0.29, 0.717) is 6.07 Å². The van der Waals surface area contributed by atoms with Crippen molar-refractivity contribution in [1.82, 2.24) is 0 Å². The second-order valence-electron chi connectivity index (χ2n) is 4.52. The van der Waals surface area contributed by atoms with Gasteiger partial charge in [-0.2, -0.15) is 16.8 Å². The van der Waals surface area contributed by atoms with Crippen molar-refractivity contribution in [2.45, 2.75) is 9.79 Å². The largest absolute Gasteiger partial charge is 0.297 e. The molecular formula is C13H8Cl2O7S2. The van der Waals surface area contributed by atoms with Gasteiger partial charge in [0.15, 0.2) is 5.78 Å². The van der Waals surface area contributed by atoms with E-state index in [9.17, 15) is 26.2 Å². The maximum Gasteiger partial charge on any atom is 0.297 e. The Hall–Kier alpha value is -1.49. The number of halogens is 2. The van der Waals surface area contributed by atoms with Crippen LogP contribution in [0.2, 0.25) is 10.0 Å². The molecule has 0 spiro atoms. The van der Waals surface area contributed by atoms with Gasteiger partial charge in [-0.05, 0) is 6.07 Å². The SMILES string of the molecule is O=C(c1ccccc1)c1cc(S(=O)(=O)O)c(S(=O)(=O)O)c(Cl)c1Cl. The minimum absolute atomic E-state index is 0.122. The van der Waals surface area contributed by atoms with Gasteiger partial charge >= 0.3 is 0 Å². The quantitative estimate of drug-likeness (QED) is 0.585. The van der Waals surface area contributed by atoms with E-state index in [-0.39, 0.29) is 5.56 Å². The summed E-state index contributed by atoms with van der Waals surface area (Å²) in [4.78, 5) is 9.87. The summed E-state index contributed by atoms with van der Waals surface area (Å²) in [6.45, 7) is 0. The number of rotatable bonds is 4. The van der Waals surface area contributed by atoms with Crippen molar-refractivity contribution in [2.24, 2.45) is 0 Å². The van der Waals surface area contributed by atoms with Crippen LogP contribution in [-0.4, -0.2) is 31.7 Å². The van der Waals surface area contributed by atoms with Crippen LogP contribution in [0, 0.1) is 0 Å². The number of hydrogen-bond acceptors (Lipinski definition) is 5. The molecule has 0 unspecified atom stereocenters. The highest BCUT2D eigenvalue weighted by Crippen LogP contribution is 2.38. The van der Waals surface area contributed by atoms with E-state index >= 15 is 0 Å². The van der Waals surface area contributed by atoms with Crippen LogP contribution in [0.15, 0.2) is 46.2 Å². The third-order valence-electron chi connectivity index (χ3n) is 2.94. The zero-order valence-corrected chi connectivity index (χ0v) is 14.6. The molecule has 0 heterocycles. The van der Waals surface area contributed by atoms with E-state index in [1.807, 2.05) is 0 Å². The molecule has 2 rings (SSSR count). The monoisotopic (exact) mass is 410 g/mol. The zero-order chi connectivity index (χ0) is 18.3. The first-order valence-corrected chi connectivity index (χ1v) is 9.65. The second kappa shape index (κ2) is 6.43. The van der Waals surface area contributed by atoms with Gasteiger partial charge in [0.05, 0.1) is 10.0 Å². The van der Waals surface area contributed by atoms with Gasteiger partial charge in [0.25, 0.3) is 20.2 Å². The molecule has 0 fully saturated rings. The number of ketones is 1. The topological polar surface area (TPSA) is 126 Å². The van der Waals surface area contributed by atoms with E-state index in [2.05, 4.69) is 0 Å². The summed E-state index contributed by atoms with van der Waals surface area (Å²) in [5, 5.41) is -1.47. The Morgan fingerprint density at radius 2 is 1.42 bits per heavy atom. The molecule has 128 valence electrons. The fraction of sp³-hybridized carbons (Fsp3) is 0. The van der Waals surface area contributed by atoms with Crippen molar-refractivity contribution in [3.8, 4) is 0 Å².